The zero-order valence-electron chi connectivity index (χ0n) is 19.4. The monoisotopic (exact) mass is 537 g/mol. The fourth-order valence-corrected chi connectivity index (χ4v) is 5.69. The first kappa shape index (κ1) is 25.6. The average molecular weight is 538 g/mol. The number of nitrogens with zero attached hydrogens (tertiary/aromatic N) is 3. The third-order valence-electron chi connectivity index (χ3n) is 5.51. The fourth-order valence-electron chi connectivity index (χ4n) is 3.75. The topological polar surface area (TPSA) is 160 Å². The molecule has 0 aliphatic carbocycles. The molecule has 0 saturated heterocycles. The molecule has 1 aliphatic heterocycles. The molecule has 0 spiro atoms. The van der Waals surface area contributed by atoms with E-state index in [1.165, 1.54) is 22.9 Å². The molecule has 0 unspecified atom stereocenters. The number of nitrogens with one attached hydrogen (secondary N) is 2. The SMILES string of the molecule is CC(C)CCn1c(=O)c(C2=NS(=O)(=O)c3cc(NS(=O)(=O)CCF)ccc3N2)c(O)c2ncccc21. The van der Waals surface area contributed by atoms with Crippen LogP contribution in [0.1, 0.15) is 25.8 Å². The van der Waals surface area contributed by atoms with Crippen LogP contribution in [-0.4, -0.2) is 49.8 Å². The van der Waals surface area contributed by atoms with Crippen LogP contribution >= 0.6 is 0 Å². The Labute approximate surface area is 206 Å². The molecule has 4 rings (SSSR count). The van der Waals surface area contributed by atoms with Gasteiger partial charge < -0.3 is 15.0 Å². The van der Waals surface area contributed by atoms with Crippen LogP contribution in [0.3, 0.4) is 0 Å². The lowest BCUT2D eigenvalue weighted by atomic mass is 10.1. The molecule has 3 N–H and O–H groups in total. The number of benzene rings is 1. The van der Waals surface area contributed by atoms with Gasteiger partial charge in [0, 0.05) is 18.4 Å². The van der Waals surface area contributed by atoms with Crippen molar-refractivity contribution in [1.29, 1.82) is 0 Å². The second-order valence-electron chi connectivity index (χ2n) is 8.59. The molecule has 11 nitrogen and oxygen atoms in total. The number of sulfonamides is 2. The molecular weight excluding hydrogens is 513 g/mol. The highest BCUT2D eigenvalue weighted by Crippen LogP contribution is 2.33. The van der Waals surface area contributed by atoms with Gasteiger partial charge in [0.15, 0.2) is 11.6 Å². The van der Waals surface area contributed by atoms with Crippen LogP contribution in [0.5, 0.6) is 5.75 Å². The fraction of sp³-hybridized carbons (Fsp3) is 0.318. The molecule has 0 atom stereocenters. The van der Waals surface area contributed by atoms with Crippen molar-refractivity contribution in [2.24, 2.45) is 10.3 Å². The first-order valence-electron chi connectivity index (χ1n) is 11.0. The Kier molecular flexibility index (Phi) is 6.75. The first-order chi connectivity index (χ1) is 16.9. The van der Waals surface area contributed by atoms with Gasteiger partial charge in [0.2, 0.25) is 10.0 Å². The van der Waals surface area contributed by atoms with Crippen molar-refractivity contribution in [1.82, 2.24) is 9.55 Å². The lowest BCUT2D eigenvalue weighted by Gasteiger charge is -2.21. The van der Waals surface area contributed by atoms with Crippen LogP contribution in [0.4, 0.5) is 15.8 Å². The number of rotatable bonds is 8. The van der Waals surface area contributed by atoms with Gasteiger partial charge in [0.1, 0.15) is 22.7 Å². The number of aromatic hydroxyl groups is 1. The largest absolute Gasteiger partial charge is 0.505 e. The van der Waals surface area contributed by atoms with E-state index >= 15 is 0 Å². The molecule has 2 aromatic heterocycles. The van der Waals surface area contributed by atoms with E-state index in [4.69, 9.17) is 0 Å². The smallest absolute Gasteiger partial charge is 0.286 e. The van der Waals surface area contributed by atoms with Crippen molar-refractivity contribution in [3.05, 3.63) is 52.4 Å². The first-order valence-corrected chi connectivity index (χ1v) is 14.1. The van der Waals surface area contributed by atoms with Crippen LogP contribution in [-0.2, 0) is 26.6 Å². The quantitative estimate of drug-likeness (QED) is 0.395. The van der Waals surface area contributed by atoms with Gasteiger partial charge in [-0.2, -0.15) is 8.42 Å². The maximum absolute atomic E-state index is 13.5. The Morgan fingerprint density at radius 3 is 2.69 bits per heavy atom. The van der Waals surface area contributed by atoms with E-state index in [1.807, 2.05) is 13.8 Å². The number of aromatic nitrogens is 2. The van der Waals surface area contributed by atoms with E-state index < -0.39 is 43.8 Å². The molecule has 1 aromatic carbocycles. The van der Waals surface area contributed by atoms with Gasteiger partial charge in [-0.25, -0.2) is 12.8 Å². The Balaban J connectivity index is 1.83. The van der Waals surface area contributed by atoms with E-state index in [0.717, 1.165) is 6.07 Å². The van der Waals surface area contributed by atoms with Crippen molar-refractivity contribution in [2.75, 3.05) is 22.5 Å². The van der Waals surface area contributed by atoms with Crippen molar-refractivity contribution < 1.29 is 26.3 Å². The van der Waals surface area contributed by atoms with Gasteiger partial charge in [-0.1, -0.05) is 13.8 Å². The standard InChI is InChI=1S/C22H24FN5O6S2/c1-13(2)7-10-28-16-4-3-9-24-19(16)20(29)18(22(28)30)21-25-15-6-5-14(26-35(31,32)11-8-23)12-17(15)36(33,34)27-21/h3-6,9,12-13,26,29H,7-8,10-11H2,1-2H3,(H,25,27). The summed E-state index contributed by atoms with van der Waals surface area (Å²) in [7, 11) is -8.43. The molecular formula is C22H24FN5O6S2. The predicted octanol–water partition coefficient (Wildman–Crippen LogP) is 2.42. The lowest BCUT2D eigenvalue weighted by molar-refractivity contribution is 0.472. The highest BCUT2D eigenvalue weighted by atomic mass is 32.2. The van der Waals surface area contributed by atoms with Crippen molar-refractivity contribution in [2.45, 2.75) is 31.7 Å². The minimum absolute atomic E-state index is 0.0158. The summed E-state index contributed by atoms with van der Waals surface area (Å²) in [5, 5.41) is 13.7. The van der Waals surface area contributed by atoms with Gasteiger partial charge in [0.25, 0.3) is 15.6 Å². The summed E-state index contributed by atoms with van der Waals surface area (Å²) < 4.78 is 69.5. The molecule has 0 radical (unpaired) electrons. The van der Waals surface area contributed by atoms with E-state index in [-0.39, 0.29) is 39.1 Å². The van der Waals surface area contributed by atoms with Crippen LogP contribution < -0.4 is 15.6 Å². The molecule has 0 amide bonds. The van der Waals surface area contributed by atoms with Crippen LogP contribution in [0.2, 0.25) is 0 Å². The van der Waals surface area contributed by atoms with E-state index in [0.29, 0.717) is 18.5 Å². The molecule has 1 aliphatic rings. The molecule has 36 heavy (non-hydrogen) atoms. The van der Waals surface area contributed by atoms with Gasteiger partial charge in [-0.05, 0) is 42.7 Å². The molecule has 0 bridgehead atoms. The number of hydrogen-bond donors (Lipinski definition) is 3. The van der Waals surface area contributed by atoms with E-state index in [2.05, 4.69) is 19.4 Å². The summed E-state index contributed by atoms with van der Waals surface area (Å²) in [6.45, 7) is 3.20. The Bertz CT molecular complexity index is 1650. The summed E-state index contributed by atoms with van der Waals surface area (Å²) in [6, 6.07) is 6.87. The van der Waals surface area contributed by atoms with Crippen molar-refractivity contribution in [3.63, 3.8) is 0 Å². The molecule has 192 valence electrons. The number of anilines is 2. The lowest BCUT2D eigenvalue weighted by Crippen LogP contribution is -2.33. The predicted molar refractivity (Wildman–Crippen MR) is 134 cm³/mol. The van der Waals surface area contributed by atoms with Gasteiger partial charge >= 0.3 is 0 Å². The molecule has 0 saturated carbocycles. The maximum atomic E-state index is 13.5. The Morgan fingerprint density at radius 2 is 2.00 bits per heavy atom. The summed E-state index contributed by atoms with van der Waals surface area (Å²) in [5.74, 6) is -1.41. The number of hydrogen-bond acceptors (Lipinski definition) is 8. The number of fused-ring (bicyclic) bond motifs is 2. The minimum Gasteiger partial charge on any atom is -0.505 e. The van der Waals surface area contributed by atoms with E-state index in [1.54, 1.807) is 12.1 Å². The number of halogens is 1. The number of amidine groups is 1. The maximum Gasteiger partial charge on any atom is 0.286 e. The highest BCUT2D eigenvalue weighted by Gasteiger charge is 2.31. The van der Waals surface area contributed by atoms with E-state index in [9.17, 15) is 31.1 Å². The zero-order valence-corrected chi connectivity index (χ0v) is 21.0. The van der Waals surface area contributed by atoms with Crippen molar-refractivity contribution in [3.8, 4) is 5.75 Å². The third kappa shape index (κ3) is 4.91. The number of pyridine rings is 2. The van der Waals surface area contributed by atoms with Crippen LogP contribution in [0, 0.1) is 5.92 Å². The van der Waals surface area contributed by atoms with Crippen LogP contribution in [0.25, 0.3) is 11.0 Å². The minimum atomic E-state index is -4.42. The third-order valence-corrected chi connectivity index (χ3v) is 8.06. The summed E-state index contributed by atoms with van der Waals surface area (Å²) in [6.07, 6.45) is 2.09. The van der Waals surface area contributed by atoms with Gasteiger partial charge in [-0.3, -0.25) is 14.5 Å². The second kappa shape index (κ2) is 9.50. The van der Waals surface area contributed by atoms with Gasteiger partial charge in [-0.15, -0.1) is 4.40 Å². The zero-order chi connectivity index (χ0) is 26.3. The number of aryl methyl sites for hydroxylation is 1. The summed E-state index contributed by atoms with van der Waals surface area (Å²) in [5.41, 5.74) is -0.571. The van der Waals surface area contributed by atoms with Crippen LogP contribution in [0.15, 0.2) is 50.6 Å². The summed E-state index contributed by atoms with van der Waals surface area (Å²) in [4.78, 5) is 17.3. The Morgan fingerprint density at radius 1 is 1.25 bits per heavy atom. The molecule has 3 aromatic rings. The molecule has 0 fully saturated rings. The van der Waals surface area contributed by atoms with Crippen molar-refractivity contribution >= 4 is 48.3 Å². The summed E-state index contributed by atoms with van der Waals surface area (Å²) >= 11 is 0. The highest BCUT2D eigenvalue weighted by molar-refractivity contribution is 7.92. The number of alkyl halides is 1. The second-order valence-corrected chi connectivity index (χ2v) is 12.0. The Hall–Kier alpha value is -3.52. The van der Waals surface area contributed by atoms with Gasteiger partial charge in [0.05, 0.1) is 17.0 Å². The average Bonchev–Trinajstić information content (AvgIpc) is 2.78. The molecule has 3 heterocycles. The normalized spacial score (nSPS) is 14.8. The molecule has 14 heteroatoms.